The molecule has 0 aliphatic carbocycles. The van der Waals surface area contributed by atoms with Crippen molar-refractivity contribution in [3.05, 3.63) is 94.6 Å². The number of carbonyl (C=O) groups excluding carboxylic acids is 2. The molecule has 0 unspecified atom stereocenters. The number of anilines is 2. The summed E-state index contributed by atoms with van der Waals surface area (Å²) < 4.78 is 5.39. The zero-order valence-corrected chi connectivity index (χ0v) is 17.2. The SMILES string of the molecule is COc1ccccc1NC1=C(c2ccc(C)cc2)C(=O)N(c2cccc(Cl)c2)C1=O. The Bertz CT molecular complexity index is 1170. The third-order valence-corrected chi connectivity index (χ3v) is 5.09. The van der Waals surface area contributed by atoms with E-state index in [9.17, 15) is 9.59 Å². The van der Waals surface area contributed by atoms with E-state index in [1.807, 2.05) is 43.3 Å². The molecule has 3 aromatic rings. The minimum atomic E-state index is -0.455. The fraction of sp³-hybridized carbons (Fsp3) is 0.0833. The largest absolute Gasteiger partial charge is 0.495 e. The predicted molar refractivity (Wildman–Crippen MR) is 119 cm³/mol. The summed E-state index contributed by atoms with van der Waals surface area (Å²) in [6.45, 7) is 1.96. The van der Waals surface area contributed by atoms with Gasteiger partial charge in [-0.1, -0.05) is 59.6 Å². The van der Waals surface area contributed by atoms with E-state index in [1.54, 1.807) is 43.5 Å². The molecule has 5 nitrogen and oxygen atoms in total. The molecule has 0 atom stereocenters. The minimum Gasteiger partial charge on any atom is -0.495 e. The first kappa shape index (κ1) is 19.7. The van der Waals surface area contributed by atoms with Crippen LogP contribution in [-0.4, -0.2) is 18.9 Å². The van der Waals surface area contributed by atoms with Crippen molar-refractivity contribution < 1.29 is 14.3 Å². The lowest BCUT2D eigenvalue weighted by molar-refractivity contribution is -0.120. The van der Waals surface area contributed by atoms with Gasteiger partial charge in [-0.3, -0.25) is 9.59 Å². The Morgan fingerprint density at radius 1 is 0.900 bits per heavy atom. The van der Waals surface area contributed by atoms with Gasteiger partial charge >= 0.3 is 0 Å². The first-order valence-corrected chi connectivity index (χ1v) is 9.73. The molecule has 1 heterocycles. The number of rotatable bonds is 5. The van der Waals surface area contributed by atoms with E-state index >= 15 is 0 Å². The number of aryl methyl sites for hydroxylation is 1. The Hall–Kier alpha value is -3.57. The van der Waals surface area contributed by atoms with Crippen molar-refractivity contribution >= 4 is 40.4 Å². The molecule has 0 aromatic heterocycles. The number of methoxy groups -OCH3 is 1. The first-order chi connectivity index (χ1) is 14.5. The Kier molecular flexibility index (Phi) is 5.29. The van der Waals surface area contributed by atoms with Crippen LogP contribution in [0.2, 0.25) is 5.02 Å². The monoisotopic (exact) mass is 418 g/mol. The van der Waals surface area contributed by atoms with Crippen LogP contribution in [0, 0.1) is 6.92 Å². The number of nitrogens with one attached hydrogen (secondary N) is 1. The van der Waals surface area contributed by atoms with Crippen LogP contribution in [0.1, 0.15) is 11.1 Å². The van der Waals surface area contributed by atoms with Gasteiger partial charge in [0.15, 0.2) is 0 Å². The molecular weight excluding hydrogens is 400 g/mol. The summed E-state index contributed by atoms with van der Waals surface area (Å²) >= 11 is 6.10. The molecule has 0 fully saturated rings. The number of para-hydroxylation sites is 2. The van der Waals surface area contributed by atoms with Gasteiger partial charge in [-0.2, -0.15) is 0 Å². The van der Waals surface area contributed by atoms with Crippen LogP contribution in [0.25, 0.3) is 5.57 Å². The maximum absolute atomic E-state index is 13.4. The third kappa shape index (κ3) is 3.55. The fourth-order valence-electron chi connectivity index (χ4n) is 3.37. The van der Waals surface area contributed by atoms with E-state index in [1.165, 1.54) is 0 Å². The van der Waals surface area contributed by atoms with E-state index in [-0.39, 0.29) is 5.70 Å². The summed E-state index contributed by atoms with van der Waals surface area (Å²) in [7, 11) is 1.55. The van der Waals surface area contributed by atoms with Crippen molar-refractivity contribution in [1.82, 2.24) is 0 Å². The van der Waals surface area contributed by atoms with Crippen LogP contribution in [0.15, 0.2) is 78.5 Å². The second-order valence-electron chi connectivity index (χ2n) is 6.87. The number of imide groups is 1. The number of hydrogen-bond acceptors (Lipinski definition) is 4. The predicted octanol–water partition coefficient (Wildman–Crippen LogP) is 5.05. The molecule has 0 radical (unpaired) electrons. The average molecular weight is 419 g/mol. The molecule has 30 heavy (non-hydrogen) atoms. The summed E-state index contributed by atoms with van der Waals surface area (Å²) in [4.78, 5) is 27.9. The number of halogens is 1. The molecule has 3 aromatic carbocycles. The minimum absolute atomic E-state index is 0.188. The highest BCUT2D eigenvalue weighted by molar-refractivity contribution is 6.46. The van der Waals surface area contributed by atoms with Crippen molar-refractivity contribution in [2.45, 2.75) is 6.92 Å². The number of amides is 2. The number of nitrogens with zero attached hydrogens (tertiary/aromatic N) is 1. The van der Waals surface area contributed by atoms with Crippen LogP contribution in [-0.2, 0) is 9.59 Å². The molecule has 4 rings (SSSR count). The molecule has 150 valence electrons. The number of benzene rings is 3. The Morgan fingerprint density at radius 2 is 1.63 bits per heavy atom. The van der Waals surface area contributed by atoms with Gasteiger partial charge in [0.1, 0.15) is 11.4 Å². The Labute approximate surface area is 179 Å². The van der Waals surface area contributed by atoms with Crippen molar-refractivity contribution in [1.29, 1.82) is 0 Å². The standard InChI is InChI=1S/C24H19ClN2O3/c1-15-10-12-16(13-11-15)21-22(26-19-8-3-4-9-20(19)30-2)24(29)27(23(21)28)18-7-5-6-17(25)14-18/h3-14,26H,1-2H3. The lowest BCUT2D eigenvalue weighted by atomic mass is 10.0. The molecule has 1 aliphatic rings. The van der Waals surface area contributed by atoms with Crippen LogP contribution in [0.4, 0.5) is 11.4 Å². The molecule has 0 spiro atoms. The summed E-state index contributed by atoms with van der Waals surface area (Å²) in [6.07, 6.45) is 0. The van der Waals surface area contributed by atoms with Gasteiger partial charge < -0.3 is 10.1 Å². The quantitative estimate of drug-likeness (QED) is 0.589. The van der Waals surface area contributed by atoms with Crippen molar-refractivity contribution in [2.75, 3.05) is 17.3 Å². The highest BCUT2D eigenvalue weighted by atomic mass is 35.5. The maximum Gasteiger partial charge on any atom is 0.282 e. The lowest BCUT2D eigenvalue weighted by Crippen LogP contribution is -2.32. The number of carbonyl (C=O) groups is 2. The summed E-state index contributed by atoms with van der Waals surface area (Å²) in [5.74, 6) is -0.304. The molecule has 6 heteroatoms. The normalized spacial score (nSPS) is 13.8. The topological polar surface area (TPSA) is 58.6 Å². The molecule has 1 N–H and O–H groups in total. The molecule has 0 saturated heterocycles. The zero-order chi connectivity index (χ0) is 21.3. The van der Waals surface area contributed by atoms with Gasteiger partial charge in [0.05, 0.1) is 24.1 Å². The van der Waals surface area contributed by atoms with Crippen molar-refractivity contribution in [3.8, 4) is 5.75 Å². The number of hydrogen-bond donors (Lipinski definition) is 1. The van der Waals surface area contributed by atoms with Gasteiger partial charge in [0, 0.05) is 5.02 Å². The van der Waals surface area contributed by atoms with Crippen molar-refractivity contribution in [3.63, 3.8) is 0 Å². The molecule has 0 bridgehead atoms. The van der Waals surface area contributed by atoms with Crippen LogP contribution in [0.5, 0.6) is 5.75 Å². The Morgan fingerprint density at radius 3 is 2.33 bits per heavy atom. The lowest BCUT2D eigenvalue weighted by Gasteiger charge is -2.16. The second-order valence-corrected chi connectivity index (χ2v) is 7.30. The van der Waals surface area contributed by atoms with Gasteiger partial charge in [-0.15, -0.1) is 0 Å². The maximum atomic E-state index is 13.4. The highest BCUT2D eigenvalue weighted by Crippen LogP contribution is 2.36. The first-order valence-electron chi connectivity index (χ1n) is 9.35. The molecular formula is C24H19ClN2O3. The molecule has 1 aliphatic heterocycles. The van der Waals surface area contributed by atoms with E-state index in [4.69, 9.17) is 16.3 Å². The zero-order valence-electron chi connectivity index (χ0n) is 16.5. The smallest absolute Gasteiger partial charge is 0.282 e. The van der Waals surface area contributed by atoms with Gasteiger partial charge in [0.2, 0.25) is 0 Å². The Balaban J connectivity index is 1.85. The van der Waals surface area contributed by atoms with E-state index < -0.39 is 11.8 Å². The van der Waals surface area contributed by atoms with E-state index in [0.717, 1.165) is 10.5 Å². The summed E-state index contributed by atoms with van der Waals surface area (Å²) in [5.41, 5.74) is 3.20. The number of ether oxygens (including phenoxy) is 1. The van der Waals surface area contributed by atoms with E-state index in [0.29, 0.717) is 33.3 Å². The van der Waals surface area contributed by atoms with E-state index in [2.05, 4.69) is 5.32 Å². The highest BCUT2D eigenvalue weighted by Gasteiger charge is 2.40. The summed E-state index contributed by atoms with van der Waals surface area (Å²) in [5, 5.41) is 3.57. The third-order valence-electron chi connectivity index (χ3n) is 4.86. The van der Waals surface area contributed by atoms with Crippen LogP contribution in [0.3, 0.4) is 0 Å². The van der Waals surface area contributed by atoms with Gasteiger partial charge in [0.25, 0.3) is 11.8 Å². The van der Waals surface area contributed by atoms with Gasteiger partial charge in [-0.25, -0.2) is 4.90 Å². The second kappa shape index (κ2) is 8.05. The van der Waals surface area contributed by atoms with Gasteiger partial charge in [-0.05, 0) is 42.8 Å². The fourth-order valence-corrected chi connectivity index (χ4v) is 3.55. The average Bonchev–Trinajstić information content (AvgIpc) is 2.99. The van der Waals surface area contributed by atoms with Crippen molar-refractivity contribution in [2.24, 2.45) is 0 Å². The van der Waals surface area contributed by atoms with Crippen LogP contribution >= 0.6 is 11.6 Å². The molecule has 2 amide bonds. The summed E-state index contributed by atoms with van der Waals surface area (Å²) in [6, 6.07) is 21.4. The van der Waals surface area contributed by atoms with Crippen LogP contribution < -0.4 is 15.0 Å². The molecule has 0 saturated carbocycles.